The third-order valence-corrected chi connectivity index (χ3v) is 3.03. The molecule has 16 heavy (non-hydrogen) atoms. The van der Waals surface area contributed by atoms with Crippen LogP contribution in [0.1, 0.15) is 20.3 Å². The molecule has 3 nitrogen and oxygen atoms in total. The summed E-state index contributed by atoms with van der Waals surface area (Å²) in [4.78, 5) is 11.8. The van der Waals surface area contributed by atoms with Crippen LogP contribution in [0.3, 0.4) is 0 Å². The van der Waals surface area contributed by atoms with Crippen LogP contribution in [0, 0.1) is 5.41 Å². The monoisotopic (exact) mass is 284 g/mol. The lowest BCUT2D eigenvalue weighted by Crippen LogP contribution is -2.29. The van der Waals surface area contributed by atoms with Gasteiger partial charge in [0.05, 0.1) is 5.69 Å². The normalized spacial score (nSPS) is 11.2. The van der Waals surface area contributed by atoms with Crippen LogP contribution in [-0.2, 0) is 4.79 Å². The molecule has 1 amide bonds. The maximum atomic E-state index is 11.8. The maximum absolute atomic E-state index is 11.8. The van der Waals surface area contributed by atoms with Crippen LogP contribution >= 0.6 is 15.9 Å². The standard InChI is InChI=1S/C12H17BrN2O/c1-12(2,8-14)7-11(16)15-10-6-4-3-5-9(10)13/h3-6H,7-8,14H2,1-2H3,(H,15,16). The van der Waals surface area contributed by atoms with Gasteiger partial charge < -0.3 is 11.1 Å². The molecule has 0 radical (unpaired) electrons. The van der Waals surface area contributed by atoms with Crippen molar-refractivity contribution in [3.8, 4) is 0 Å². The van der Waals surface area contributed by atoms with Gasteiger partial charge in [0, 0.05) is 10.9 Å². The number of rotatable bonds is 4. The number of hydrogen-bond donors (Lipinski definition) is 2. The second-order valence-corrected chi connectivity index (χ2v) is 5.43. The van der Waals surface area contributed by atoms with Gasteiger partial charge in [-0.15, -0.1) is 0 Å². The highest BCUT2D eigenvalue weighted by Gasteiger charge is 2.20. The smallest absolute Gasteiger partial charge is 0.224 e. The Hall–Kier alpha value is -0.870. The van der Waals surface area contributed by atoms with Gasteiger partial charge in [0.2, 0.25) is 5.91 Å². The Balaban J connectivity index is 2.62. The molecule has 0 aliphatic heterocycles. The molecule has 0 atom stereocenters. The molecule has 0 saturated heterocycles. The zero-order chi connectivity index (χ0) is 12.2. The first kappa shape index (κ1) is 13.2. The Labute approximate surface area is 105 Å². The van der Waals surface area contributed by atoms with Crippen molar-refractivity contribution in [1.29, 1.82) is 0 Å². The van der Waals surface area contributed by atoms with Gasteiger partial charge in [0.25, 0.3) is 0 Å². The molecule has 1 aromatic carbocycles. The lowest BCUT2D eigenvalue weighted by Gasteiger charge is -2.21. The van der Waals surface area contributed by atoms with Crippen LogP contribution in [0.15, 0.2) is 28.7 Å². The summed E-state index contributed by atoms with van der Waals surface area (Å²) >= 11 is 3.38. The first-order chi connectivity index (χ1) is 7.44. The fraction of sp³-hybridized carbons (Fsp3) is 0.417. The highest BCUT2D eigenvalue weighted by Crippen LogP contribution is 2.23. The van der Waals surface area contributed by atoms with E-state index in [9.17, 15) is 4.79 Å². The molecule has 1 rings (SSSR count). The molecule has 0 spiro atoms. The van der Waals surface area contributed by atoms with Crippen LogP contribution in [0.5, 0.6) is 0 Å². The number of benzene rings is 1. The molecule has 4 heteroatoms. The van der Waals surface area contributed by atoms with E-state index >= 15 is 0 Å². The van der Waals surface area contributed by atoms with Gasteiger partial charge in [-0.1, -0.05) is 26.0 Å². The van der Waals surface area contributed by atoms with Gasteiger partial charge in [-0.25, -0.2) is 0 Å². The van der Waals surface area contributed by atoms with E-state index in [0.29, 0.717) is 13.0 Å². The maximum Gasteiger partial charge on any atom is 0.224 e. The van der Waals surface area contributed by atoms with Crippen LogP contribution in [0.4, 0.5) is 5.69 Å². The minimum Gasteiger partial charge on any atom is -0.330 e. The minimum atomic E-state index is -0.161. The molecule has 88 valence electrons. The van der Waals surface area contributed by atoms with Crippen LogP contribution in [0.25, 0.3) is 0 Å². The lowest BCUT2D eigenvalue weighted by molar-refractivity contribution is -0.117. The number of nitrogens with two attached hydrogens (primary N) is 1. The summed E-state index contributed by atoms with van der Waals surface area (Å²) < 4.78 is 0.883. The van der Waals surface area contributed by atoms with Crippen molar-refractivity contribution in [3.63, 3.8) is 0 Å². The molecular weight excluding hydrogens is 268 g/mol. The molecule has 0 fully saturated rings. The van der Waals surface area contributed by atoms with E-state index in [0.717, 1.165) is 10.2 Å². The van der Waals surface area contributed by atoms with E-state index in [1.54, 1.807) is 0 Å². The van der Waals surface area contributed by atoms with Gasteiger partial charge in [-0.2, -0.15) is 0 Å². The van der Waals surface area contributed by atoms with Crippen molar-refractivity contribution >= 4 is 27.5 Å². The first-order valence-corrected chi connectivity index (χ1v) is 5.98. The number of para-hydroxylation sites is 1. The third kappa shape index (κ3) is 3.94. The highest BCUT2D eigenvalue weighted by atomic mass is 79.9. The Morgan fingerprint density at radius 1 is 1.44 bits per heavy atom. The number of nitrogens with one attached hydrogen (secondary N) is 1. The van der Waals surface area contributed by atoms with E-state index < -0.39 is 0 Å². The van der Waals surface area contributed by atoms with Gasteiger partial charge >= 0.3 is 0 Å². The summed E-state index contributed by atoms with van der Waals surface area (Å²) in [5.41, 5.74) is 6.22. The molecule has 0 aliphatic rings. The largest absolute Gasteiger partial charge is 0.330 e. The van der Waals surface area contributed by atoms with Crippen molar-refractivity contribution < 1.29 is 4.79 Å². The number of anilines is 1. The summed E-state index contributed by atoms with van der Waals surface area (Å²) in [6.45, 7) is 4.45. The van der Waals surface area contributed by atoms with E-state index in [-0.39, 0.29) is 11.3 Å². The van der Waals surface area contributed by atoms with Crippen molar-refractivity contribution in [1.82, 2.24) is 0 Å². The molecule has 0 unspecified atom stereocenters. The number of carbonyl (C=O) groups is 1. The molecule has 3 N–H and O–H groups in total. The molecule has 1 aromatic rings. The molecule has 0 heterocycles. The van der Waals surface area contributed by atoms with E-state index in [1.807, 2.05) is 38.1 Å². The molecule has 0 aliphatic carbocycles. The molecule has 0 bridgehead atoms. The minimum absolute atomic E-state index is 0.0117. The van der Waals surface area contributed by atoms with E-state index in [1.165, 1.54) is 0 Å². The number of hydrogen-bond acceptors (Lipinski definition) is 2. The van der Waals surface area contributed by atoms with Crippen LogP contribution in [-0.4, -0.2) is 12.5 Å². The quantitative estimate of drug-likeness (QED) is 0.893. The summed E-state index contributed by atoms with van der Waals surface area (Å²) in [6.07, 6.45) is 0.421. The summed E-state index contributed by atoms with van der Waals surface area (Å²) in [7, 11) is 0. The predicted octanol–water partition coefficient (Wildman–Crippen LogP) is 2.76. The van der Waals surface area contributed by atoms with Crippen molar-refractivity contribution in [2.45, 2.75) is 20.3 Å². The van der Waals surface area contributed by atoms with Crippen molar-refractivity contribution in [3.05, 3.63) is 28.7 Å². The van der Waals surface area contributed by atoms with Gasteiger partial charge in [0.1, 0.15) is 0 Å². The van der Waals surface area contributed by atoms with Crippen molar-refractivity contribution in [2.24, 2.45) is 11.1 Å². The summed E-state index contributed by atoms with van der Waals surface area (Å²) in [6, 6.07) is 7.54. The Bertz CT molecular complexity index is 377. The molecular formula is C12H17BrN2O. The van der Waals surface area contributed by atoms with Gasteiger partial charge in [-0.3, -0.25) is 4.79 Å². The van der Waals surface area contributed by atoms with Gasteiger partial charge in [-0.05, 0) is 40.0 Å². The fourth-order valence-corrected chi connectivity index (χ4v) is 1.65. The van der Waals surface area contributed by atoms with E-state index in [2.05, 4.69) is 21.2 Å². The summed E-state index contributed by atoms with van der Waals surface area (Å²) in [5, 5.41) is 2.86. The summed E-state index contributed by atoms with van der Waals surface area (Å²) in [5.74, 6) is -0.0117. The number of carbonyl (C=O) groups excluding carboxylic acids is 1. The fourth-order valence-electron chi connectivity index (χ4n) is 1.26. The predicted molar refractivity (Wildman–Crippen MR) is 70.2 cm³/mol. The van der Waals surface area contributed by atoms with Crippen LogP contribution in [0.2, 0.25) is 0 Å². The van der Waals surface area contributed by atoms with E-state index in [4.69, 9.17) is 5.73 Å². The Kier molecular flexibility index (Phi) is 4.50. The second kappa shape index (κ2) is 5.46. The lowest BCUT2D eigenvalue weighted by atomic mass is 9.89. The third-order valence-electron chi connectivity index (χ3n) is 2.34. The average Bonchev–Trinajstić information content (AvgIpc) is 2.21. The zero-order valence-corrected chi connectivity index (χ0v) is 11.2. The zero-order valence-electron chi connectivity index (χ0n) is 9.59. The van der Waals surface area contributed by atoms with Gasteiger partial charge in [0.15, 0.2) is 0 Å². The Morgan fingerprint density at radius 2 is 2.06 bits per heavy atom. The number of halogens is 1. The first-order valence-electron chi connectivity index (χ1n) is 5.19. The average molecular weight is 285 g/mol. The highest BCUT2D eigenvalue weighted by molar-refractivity contribution is 9.10. The Morgan fingerprint density at radius 3 is 2.62 bits per heavy atom. The van der Waals surface area contributed by atoms with Crippen molar-refractivity contribution in [2.75, 3.05) is 11.9 Å². The second-order valence-electron chi connectivity index (χ2n) is 4.57. The SMILES string of the molecule is CC(C)(CN)CC(=O)Nc1ccccc1Br. The van der Waals surface area contributed by atoms with Crippen LogP contribution < -0.4 is 11.1 Å². The molecule has 0 saturated carbocycles. The molecule has 0 aromatic heterocycles. The topological polar surface area (TPSA) is 55.1 Å². The number of amides is 1.